The van der Waals surface area contributed by atoms with Crippen LogP contribution in [-0.2, 0) is 0 Å². The monoisotopic (exact) mass is 199 g/mol. The van der Waals surface area contributed by atoms with Crippen molar-refractivity contribution < 1.29 is 0 Å². The molecule has 1 heterocycles. The highest BCUT2D eigenvalue weighted by Crippen LogP contribution is 2.03. The van der Waals surface area contributed by atoms with Gasteiger partial charge in [-0.1, -0.05) is 0 Å². The van der Waals surface area contributed by atoms with E-state index in [1.54, 1.807) is 0 Å². The first-order chi connectivity index (χ1) is 6.68. The van der Waals surface area contributed by atoms with E-state index in [0.717, 1.165) is 6.42 Å². The van der Waals surface area contributed by atoms with Gasteiger partial charge in [0.2, 0.25) is 0 Å². The van der Waals surface area contributed by atoms with Crippen molar-refractivity contribution in [3.8, 4) is 0 Å². The zero-order valence-electron chi connectivity index (χ0n) is 9.71. The SMILES string of the molecule is CC(N)CCCN1CCCN(C)CC1. The van der Waals surface area contributed by atoms with E-state index in [1.807, 2.05) is 0 Å². The molecular weight excluding hydrogens is 174 g/mol. The van der Waals surface area contributed by atoms with Crippen LogP contribution in [-0.4, -0.2) is 55.6 Å². The quantitative estimate of drug-likeness (QED) is 0.725. The van der Waals surface area contributed by atoms with Gasteiger partial charge in [-0.15, -0.1) is 0 Å². The number of nitrogens with two attached hydrogens (primary N) is 1. The van der Waals surface area contributed by atoms with Crippen molar-refractivity contribution in [3.63, 3.8) is 0 Å². The molecule has 14 heavy (non-hydrogen) atoms. The molecule has 0 aliphatic carbocycles. The van der Waals surface area contributed by atoms with Gasteiger partial charge in [-0.05, 0) is 52.9 Å². The average Bonchev–Trinajstić information content (AvgIpc) is 2.30. The standard InChI is InChI=1S/C11H25N3/c1-11(12)5-3-7-14-8-4-6-13(2)9-10-14/h11H,3-10,12H2,1-2H3. The van der Waals surface area contributed by atoms with E-state index in [0.29, 0.717) is 6.04 Å². The van der Waals surface area contributed by atoms with Gasteiger partial charge in [-0.3, -0.25) is 0 Å². The number of hydrogen-bond acceptors (Lipinski definition) is 3. The van der Waals surface area contributed by atoms with Gasteiger partial charge < -0.3 is 15.5 Å². The molecule has 1 saturated heterocycles. The minimum absolute atomic E-state index is 0.365. The molecule has 0 spiro atoms. The molecule has 3 nitrogen and oxygen atoms in total. The Balaban J connectivity index is 2.11. The summed E-state index contributed by atoms with van der Waals surface area (Å²) < 4.78 is 0. The van der Waals surface area contributed by atoms with E-state index >= 15 is 0 Å². The number of nitrogens with zero attached hydrogens (tertiary/aromatic N) is 2. The van der Waals surface area contributed by atoms with Gasteiger partial charge >= 0.3 is 0 Å². The lowest BCUT2D eigenvalue weighted by Gasteiger charge is -2.20. The Kier molecular flexibility index (Phi) is 5.45. The average molecular weight is 199 g/mol. The van der Waals surface area contributed by atoms with Crippen LogP contribution in [0, 0.1) is 0 Å². The Labute approximate surface area is 88.2 Å². The van der Waals surface area contributed by atoms with Crippen LogP contribution in [0.25, 0.3) is 0 Å². The van der Waals surface area contributed by atoms with E-state index in [4.69, 9.17) is 5.73 Å². The van der Waals surface area contributed by atoms with Crippen LogP contribution in [0.2, 0.25) is 0 Å². The number of rotatable bonds is 4. The molecule has 1 fully saturated rings. The third kappa shape index (κ3) is 4.94. The van der Waals surface area contributed by atoms with Crippen LogP contribution in [0.4, 0.5) is 0 Å². The van der Waals surface area contributed by atoms with Gasteiger partial charge in [0.1, 0.15) is 0 Å². The van der Waals surface area contributed by atoms with Gasteiger partial charge in [0.05, 0.1) is 0 Å². The molecule has 0 amide bonds. The summed E-state index contributed by atoms with van der Waals surface area (Å²) in [6.45, 7) is 8.30. The molecule has 1 rings (SSSR count). The highest BCUT2D eigenvalue weighted by molar-refractivity contribution is 4.67. The molecule has 0 saturated carbocycles. The molecule has 1 aliphatic heterocycles. The Morgan fingerprint density at radius 3 is 2.71 bits per heavy atom. The number of likely N-dealkylation sites (N-methyl/N-ethyl adjacent to an activating group) is 1. The van der Waals surface area contributed by atoms with Crippen LogP contribution in [0.1, 0.15) is 26.2 Å². The first kappa shape index (κ1) is 12.0. The molecule has 1 aliphatic rings. The maximum Gasteiger partial charge on any atom is 0.0109 e. The predicted molar refractivity (Wildman–Crippen MR) is 61.4 cm³/mol. The molecule has 0 radical (unpaired) electrons. The third-order valence-electron chi connectivity index (χ3n) is 2.95. The lowest BCUT2D eigenvalue weighted by atomic mass is 10.2. The van der Waals surface area contributed by atoms with Crippen molar-refractivity contribution in [2.45, 2.75) is 32.2 Å². The lowest BCUT2D eigenvalue weighted by Crippen LogP contribution is -2.30. The van der Waals surface area contributed by atoms with Crippen LogP contribution in [0.15, 0.2) is 0 Å². The molecular formula is C11H25N3. The summed E-state index contributed by atoms with van der Waals surface area (Å²) in [7, 11) is 2.21. The summed E-state index contributed by atoms with van der Waals surface area (Å²) >= 11 is 0. The molecule has 2 N–H and O–H groups in total. The topological polar surface area (TPSA) is 32.5 Å². The molecule has 84 valence electrons. The fourth-order valence-corrected chi connectivity index (χ4v) is 1.96. The first-order valence-corrected chi connectivity index (χ1v) is 5.85. The highest BCUT2D eigenvalue weighted by atomic mass is 15.2. The molecule has 0 bridgehead atoms. The Bertz CT molecular complexity index is 147. The zero-order chi connectivity index (χ0) is 10.4. The van der Waals surface area contributed by atoms with Crippen molar-refractivity contribution in [1.29, 1.82) is 0 Å². The maximum absolute atomic E-state index is 5.73. The van der Waals surface area contributed by atoms with Crippen molar-refractivity contribution >= 4 is 0 Å². The summed E-state index contributed by atoms with van der Waals surface area (Å²) in [6.07, 6.45) is 3.72. The number of hydrogen-bond donors (Lipinski definition) is 1. The summed E-state index contributed by atoms with van der Waals surface area (Å²) in [6, 6.07) is 0.365. The first-order valence-electron chi connectivity index (χ1n) is 5.85. The van der Waals surface area contributed by atoms with E-state index < -0.39 is 0 Å². The van der Waals surface area contributed by atoms with Crippen molar-refractivity contribution in [3.05, 3.63) is 0 Å². The van der Waals surface area contributed by atoms with Crippen molar-refractivity contribution in [1.82, 2.24) is 9.80 Å². The van der Waals surface area contributed by atoms with Crippen LogP contribution in [0.5, 0.6) is 0 Å². The smallest absolute Gasteiger partial charge is 0.0109 e. The minimum atomic E-state index is 0.365. The second kappa shape index (κ2) is 6.38. The van der Waals surface area contributed by atoms with Gasteiger partial charge in [0.15, 0.2) is 0 Å². The Morgan fingerprint density at radius 2 is 2.00 bits per heavy atom. The molecule has 0 aromatic carbocycles. The van der Waals surface area contributed by atoms with E-state index in [9.17, 15) is 0 Å². The van der Waals surface area contributed by atoms with Gasteiger partial charge in [-0.25, -0.2) is 0 Å². The second-order valence-electron chi connectivity index (χ2n) is 4.62. The summed E-state index contributed by atoms with van der Waals surface area (Å²) in [5.41, 5.74) is 5.73. The minimum Gasteiger partial charge on any atom is -0.328 e. The summed E-state index contributed by atoms with van der Waals surface area (Å²) in [5.74, 6) is 0. The van der Waals surface area contributed by atoms with Crippen LogP contribution in [0.3, 0.4) is 0 Å². The predicted octanol–water partition coefficient (Wildman–Crippen LogP) is 0.751. The zero-order valence-corrected chi connectivity index (χ0v) is 9.71. The molecule has 3 heteroatoms. The summed E-state index contributed by atoms with van der Waals surface area (Å²) in [4.78, 5) is 5.00. The largest absolute Gasteiger partial charge is 0.328 e. The van der Waals surface area contributed by atoms with E-state index in [2.05, 4.69) is 23.8 Å². The molecule has 0 aromatic heterocycles. The van der Waals surface area contributed by atoms with Crippen molar-refractivity contribution in [2.24, 2.45) is 5.73 Å². The fourth-order valence-electron chi connectivity index (χ4n) is 1.96. The Hall–Kier alpha value is -0.120. The highest BCUT2D eigenvalue weighted by Gasteiger charge is 2.11. The normalized spacial score (nSPS) is 23.4. The van der Waals surface area contributed by atoms with Crippen molar-refractivity contribution in [2.75, 3.05) is 39.8 Å². The van der Waals surface area contributed by atoms with Gasteiger partial charge in [-0.2, -0.15) is 0 Å². The van der Waals surface area contributed by atoms with Crippen LogP contribution < -0.4 is 5.73 Å². The summed E-state index contributed by atoms with van der Waals surface area (Å²) in [5, 5.41) is 0. The Morgan fingerprint density at radius 1 is 1.21 bits per heavy atom. The molecule has 1 unspecified atom stereocenters. The maximum atomic E-state index is 5.73. The second-order valence-corrected chi connectivity index (χ2v) is 4.62. The molecule has 0 aromatic rings. The van der Waals surface area contributed by atoms with E-state index in [1.165, 1.54) is 45.6 Å². The van der Waals surface area contributed by atoms with Crippen LogP contribution >= 0.6 is 0 Å². The van der Waals surface area contributed by atoms with Gasteiger partial charge in [0.25, 0.3) is 0 Å². The third-order valence-corrected chi connectivity index (χ3v) is 2.95. The molecule has 1 atom stereocenters. The van der Waals surface area contributed by atoms with Gasteiger partial charge in [0, 0.05) is 19.1 Å². The lowest BCUT2D eigenvalue weighted by molar-refractivity contribution is 0.269. The van der Waals surface area contributed by atoms with E-state index in [-0.39, 0.29) is 0 Å². The fraction of sp³-hybridized carbons (Fsp3) is 1.00.